The number of hydrogen-bond acceptors (Lipinski definition) is 2. The molecule has 0 saturated heterocycles. The van der Waals surface area contributed by atoms with Crippen molar-refractivity contribution in [2.75, 3.05) is 5.73 Å². The zero-order valence-corrected chi connectivity index (χ0v) is 10.8. The number of nitrogens with two attached hydrogens (primary N) is 1. The molecule has 0 radical (unpaired) electrons. The summed E-state index contributed by atoms with van der Waals surface area (Å²) in [6.45, 7) is 0. The van der Waals surface area contributed by atoms with E-state index in [1.54, 1.807) is 6.20 Å². The van der Waals surface area contributed by atoms with Crippen molar-refractivity contribution in [1.82, 2.24) is 9.97 Å². The summed E-state index contributed by atoms with van der Waals surface area (Å²) in [6.07, 6.45) is 3.70. The van der Waals surface area contributed by atoms with Crippen LogP contribution in [0.5, 0.6) is 0 Å². The van der Waals surface area contributed by atoms with E-state index in [0.717, 1.165) is 33.2 Å². The van der Waals surface area contributed by atoms with Crippen LogP contribution in [-0.4, -0.2) is 9.97 Å². The number of anilines is 1. The maximum absolute atomic E-state index is 5.86. The Labute approximate surface area is 116 Å². The molecule has 0 aliphatic rings. The van der Waals surface area contributed by atoms with E-state index in [1.165, 1.54) is 5.39 Å². The van der Waals surface area contributed by atoms with Crippen LogP contribution in [0, 0.1) is 0 Å². The first-order valence-electron chi connectivity index (χ1n) is 6.53. The largest absolute Gasteiger partial charge is 0.399 e. The Bertz CT molecular complexity index is 922. The minimum Gasteiger partial charge on any atom is -0.399 e. The zero-order chi connectivity index (χ0) is 13.5. The van der Waals surface area contributed by atoms with Crippen LogP contribution in [0.1, 0.15) is 0 Å². The summed E-state index contributed by atoms with van der Waals surface area (Å²) in [6, 6.07) is 16.3. The third-order valence-electron chi connectivity index (χ3n) is 3.62. The number of fused-ring (bicyclic) bond motifs is 3. The van der Waals surface area contributed by atoms with Gasteiger partial charge in [0.2, 0.25) is 0 Å². The van der Waals surface area contributed by atoms with E-state index in [9.17, 15) is 0 Å². The SMILES string of the molecule is Nc1cccc(-c2ccc3[nH]c4ccncc4c3c2)c1. The summed E-state index contributed by atoms with van der Waals surface area (Å²) in [5.74, 6) is 0. The van der Waals surface area contributed by atoms with Crippen LogP contribution >= 0.6 is 0 Å². The number of nitrogen functional groups attached to an aromatic ring is 1. The number of nitrogens with one attached hydrogen (secondary N) is 1. The van der Waals surface area contributed by atoms with Gasteiger partial charge in [-0.15, -0.1) is 0 Å². The van der Waals surface area contributed by atoms with Gasteiger partial charge in [0.25, 0.3) is 0 Å². The molecule has 3 nitrogen and oxygen atoms in total. The van der Waals surface area contributed by atoms with Crippen molar-refractivity contribution in [3.05, 3.63) is 60.9 Å². The smallest absolute Gasteiger partial charge is 0.0495 e. The minimum absolute atomic E-state index is 0.781. The highest BCUT2D eigenvalue weighted by molar-refractivity contribution is 6.08. The van der Waals surface area contributed by atoms with Gasteiger partial charge in [0.05, 0.1) is 0 Å². The van der Waals surface area contributed by atoms with Gasteiger partial charge in [-0.25, -0.2) is 0 Å². The number of nitrogens with zero attached hydrogens (tertiary/aromatic N) is 1. The molecule has 2 aromatic heterocycles. The van der Waals surface area contributed by atoms with Crippen molar-refractivity contribution in [3.8, 4) is 11.1 Å². The second kappa shape index (κ2) is 4.10. The third-order valence-corrected chi connectivity index (χ3v) is 3.62. The third kappa shape index (κ3) is 1.64. The number of H-pyrrole nitrogens is 1. The summed E-state index contributed by atoms with van der Waals surface area (Å²) in [7, 11) is 0. The van der Waals surface area contributed by atoms with Crippen LogP contribution in [0.4, 0.5) is 5.69 Å². The number of benzene rings is 2. The van der Waals surface area contributed by atoms with Crippen LogP contribution in [0.15, 0.2) is 60.9 Å². The Morgan fingerprint density at radius 1 is 0.850 bits per heavy atom. The van der Waals surface area contributed by atoms with Crippen molar-refractivity contribution in [2.45, 2.75) is 0 Å². The average Bonchev–Trinajstić information content (AvgIpc) is 2.85. The molecule has 4 aromatic rings. The van der Waals surface area contributed by atoms with Crippen molar-refractivity contribution < 1.29 is 0 Å². The molecule has 2 aromatic carbocycles. The van der Waals surface area contributed by atoms with Crippen molar-refractivity contribution in [2.24, 2.45) is 0 Å². The first-order chi connectivity index (χ1) is 9.81. The lowest BCUT2D eigenvalue weighted by Gasteiger charge is -2.03. The molecule has 0 atom stereocenters. The Kier molecular flexibility index (Phi) is 2.27. The topological polar surface area (TPSA) is 54.7 Å². The molecule has 0 aliphatic heterocycles. The number of aromatic nitrogens is 2. The minimum atomic E-state index is 0.781. The maximum Gasteiger partial charge on any atom is 0.0495 e. The van der Waals surface area contributed by atoms with E-state index >= 15 is 0 Å². The number of rotatable bonds is 1. The van der Waals surface area contributed by atoms with Gasteiger partial charge in [0.1, 0.15) is 0 Å². The summed E-state index contributed by atoms with van der Waals surface area (Å²) in [5, 5.41) is 2.33. The van der Waals surface area contributed by atoms with Gasteiger partial charge in [-0.3, -0.25) is 4.98 Å². The Balaban J connectivity index is 2.00. The van der Waals surface area contributed by atoms with Crippen molar-refractivity contribution >= 4 is 27.5 Å². The summed E-state index contributed by atoms with van der Waals surface area (Å²) >= 11 is 0. The highest BCUT2D eigenvalue weighted by atomic mass is 14.7. The zero-order valence-electron chi connectivity index (χ0n) is 10.8. The predicted molar refractivity (Wildman–Crippen MR) is 83.4 cm³/mol. The monoisotopic (exact) mass is 259 g/mol. The molecule has 20 heavy (non-hydrogen) atoms. The first kappa shape index (κ1) is 11.1. The molecule has 0 aliphatic carbocycles. The lowest BCUT2D eigenvalue weighted by atomic mass is 10.0. The molecule has 3 N–H and O–H groups in total. The van der Waals surface area contributed by atoms with E-state index in [1.807, 2.05) is 30.5 Å². The van der Waals surface area contributed by atoms with Gasteiger partial charge in [-0.05, 0) is 41.5 Å². The van der Waals surface area contributed by atoms with Crippen LogP contribution < -0.4 is 5.73 Å². The fourth-order valence-electron chi connectivity index (χ4n) is 2.64. The standard InChI is InChI=1S/C17H13N3/c18-13-3-1-2-11(8-13)12-4-5-16-14(9-12)15-10-19-7-6-17(15)20-16/h1-10,20H,18H2. The molecule has 0 fully saturated rings. The Morgan fingerprint density at radius 3 is 2.60 bits per heavy atom. The van der Waals surface area contributed by atoms with Gasteiger partial charge >= 0.3 is 0 Å². The van der Waals surface area contributed by atoms with Crippen LogP contribution in [0.3, 0.4) is 0 Å². The molecule has 0 saturated carbocycles. The molecular weight excluding hydrogens is 246 g/mol. The van der Waals surface area contributed by atoms with Gasteiger partial charge in [-0.1, -0.05) is 18.2 Å². The van der Waals surface area contributed by atoms with Crippen LogP contribution in [0.25, 0.3) is 32.9 Å². The van der Waals surface area contributed by atoms with Crippen LogP contribution in [0.2, 0.25) is 0 Å². The molecule has 96 valence electrons. The molecule has 4 rings (SSSR count). The molecule has 0 bridgehead atoms. The van der Waals surface area contributed by atoms with Gasteiger partial charge < -0.3 is 10.7 Å². The summed E-state index contributed by atoms with van der Waals surface area (Å²) in [4.78, 5) is 7.62. The normalized spacial score (nSPS) is 11.2. The molecule has 0 spiro atoms. The number of aromatic amines is 1. The fraction of sp³-hybridized carbons (Fsp3) is 0. The second-order valence-electron chi connectivity index (χ2n) is 4.93. The summed E-state index contributed by atoms with van der Waals surface area (Å²) in [5.41, 5.74) is 11.2. The predicted octanol–water partition coefficient (Wildman–Crippen LogP) is 3.97. The van der Waals surface area contributed by atoms with Gasteiger partial charge in [-0.2, -0.15) is 0 Å². The van der Waals surface area contributed by atoms with E-state index < -0.39 is 0 Å². The second-order valence-corrected chi connectivity index (χ2v) is 4.93. The summed E-state index contributed by atoms with van der Waals surface area (Å²) < 4.78 is 0. The number of pyridine rings is 1. The van der Waals surface area contributed by atoms with Gasteiger partial charge in [0, 0.05) is 39.9 Å². The average molecular weight is 259 g/mol. The Hall–Kier alpha value is -2.81. The Morgan fingerprint density at radius 2 is 1.70 bits per heavy atom. The van der Waals surface area contributed by atoms with E-state index in [-0.39, 0.29) is 0 Å². The van der Waals surface area contributed by atoms with Gasteiger partial charge in [0.15, 0.2) is 0 Å². The molecule has 3 heteroatoms. The van der Waals surface area contributed by atoms with Crippen molar-refractivity contribution in [3.63, 3.8) is 0 Å². The molecule has 0 amide bonds. The highest BCUT2D eigenvalue weighted by Gasteiger charge is 2.06. The first-order valence-corrected chi connectivity index (χ1v) is 6.53. The molecule has 0 unspecified atom stereocenters. The number of hydrogen-bond donors (Lipinski definition) is 2. The fourth-order valence-corrected chi connectivity index (χ4v) is 2.64. The lowest BCUT2D eigenvalue weighted by molar-refractivity contribution is 1.36. The highest BCUT2D eigenvalue weighted by Crippen LogP contribution is 2.30. The van der Waals surface area contributed by atoms with E-state index in [0.29, 0.717) is 0 Å². The maximum atomic E-state index is 5.86. The van der Waals surface area contributed by atoms with Crippen LogP contribution in [-0.2, 0) is 0 Å². The van der Waals surface area contributed by atoms with E-state index in [4.69, 9.17) is 5.73 Å². The van der Waals surface area contributed by atoms with E-state index in [2.05, 4.69) is 34.2 Å². The lowest BCUT2D eigenvalue weighted by Crippen LogP contribution is -1.85. The van der Waals surface area contributed by atoms with Crippen molar-refractivity contribution in [1.29, 1.82) is 0 Å². The molecule has 2 heterocycles. The molecular formula is C17H13N3. The quantitative estimate of drug-likeness (QED) is 0.508.